The number of H-pyrrole nitrogens is 1. The summed E-state index contributed by atoms with van der Waals surface area (Å²) < 4.78 is 33.1. The Hall–Kier alpha value is -2.56. The Labute approximate surface area is 182 Å². The van der Waals surface area contributed by atoms with Crippen LogP contribution in [0.3, 0.4) is 0 Å². The number of aromatic amines is 1. The van der Waals surface area contributed by atoms with E-state index < -0.39 is 15.6 Å². The Morgan fingerprint density at radius 3 is 2.57 bits per heavy atom. The predicted molar refractivity (Wildman–Crippen MR) is 123 cm³/mol. The number of fused-ring (bicyclic) bond motifs is 1. The molecule has 1 aliphatic heterocycles. The molecule has 0 fully saturated rings. The van der Waals surface area contributed by atoms with E-state index >= 15 is 0 Å². The van der Waals surface area contributed by atoms with E-state index in [-0.39, 0.29) is 15.3 Å². The number of sulfonamides is 1. The first kappa shape index (κ1) is 20.7. The van der Waals surface area contributed by atoms with Crippen molar-refractivity contribution in [1.29, 1.82) is 0 Å². The van der Waals surface area contributed by atoms with Gasteiger partial charge in [-0.15, -0.1) is 11.8 Å². The van der Waals surface area contributed by atoms with E-state index in [1.165, 1.54) is 19.2 Å². The number of hydrogen-bond acceptors (Lipinski definition) is 7. The lowest BCUT2D eigenvalue weighted by molar-refractivity contribution is 0.414. The van der Waals surface area contributed by atoms with Crippen LogP contribution < -0.4 is 20.3 Å². The van der Waals surface area contributed by atoms with Crippen molar-refractivity contribution in [1.82, 2.24) is 4.98 Å². The van der Waals surface area contributed by atoms with Gasteiger partial charge in [-0.2, -0.15) is 0 Å². The Bertz CT molecular complexity index is 1240. The van der Waals surface area contributed by atoms with Crippen molar-refractivity contribution in [2.75, 3.05) is 23.4 Å². The fraction of sp³-hybridized carbons (Fsp3) is 0.150. The van der Waals surface area contributed by atoms with Gasteiger partial charge in [0, 0.05) is 22.3 Å². The lowest BCUT2D eigenvalue weighted by atomic mass is 10.1. The van der Waals surface area contributed by atoms with Crippen LogP contribution in [0.2, 0.25) is 0 Å². The fourth-order valence-corrected chi connectivity index (χ4v) is 5.84. The summed E-state index contributed by atoms with van der Waals surface area (Å²) in [5, 5.41) is 3.41. The van der Waals surface area contributed by atoms with Gasteiger partial charge in [0.15, 0.2) is 0 Å². The van der Waals surface area contributed by atoms with Crippen molar-refractivity contribution in [3.8, 4) is 16.9 Å². The number of anilines is 2. The zero-order valence-electron chi connectivity index (χ0n) is 16.1. The normalized spacial score (nSPS) is 15.3. The van der Waals surface area contributed by atoms with Crippen LogP contribution in [-0.2, 0) is 10.0 Å². The average Bonchev–Trinajstić information content (AvgIpc) is 3.17. The van der Waals surface area contributed by atoms with Gasteiger partial charge < -0.3 is 15.0 Å². The van der Waals surface area contributed by atoms with E-state index in [1.807, 2.05) is 24.5 Å². The first-order valence-electron chi connectivity index (χ1n) is 8.89. The van der Waals surface area contributed by atoms with Crippen LogP contribution in [0.15, 0.2) is 69.3 Å². The molecule has 7 nitrogen and oxygen atoms in total. The van der Waals surface area contributed by atoms with E-state index in [1.54, 1.807) is 47.9 Å². The SMILES string of the molecule is COc1ccc(S(=O)(=O)Nc2cc(-c3ccc4c(c3)SC(SC)N4)c[nH]c2=O)cc1. The van der Waals surface area contributed by atoms with Gasteiger partial charge in [0.2, 0.25) is 0 Å². The largest absolute Gasteiger partial charge is 0.497 e. The van der Waals surface area contributed by atoms with Crippen molar-refractivity contribution in [2.45, 2.75) is 14.5 Å². The standard InChI is InChI=1S/C20H19N3O4S3/c1-27-14-4-6-15(7-5-14)30(25,26)23-17-9-13(11-21-19(17)24)12-3-8-16-18(10-12)29-20(22-16)28-2/h3-11,20,22-23H,1-2H3,(H,21,24). The number of rotatable bonds is 6. The molecule has 0 spiro atoms. The minimum Gasteiger partial charge on any atom is -0.497 e. The Kier molecular flexibility index (Phi) is 5.72. The van der Waals surface area contributed by atoms with Crippen molar-refractivity contribution in [3.05, 3.63) is 65.1 Å². The lowest BCUT2D eigenvalue weighted by Crippen LogP contribution is -2.20. The van der Waals surface area contributed by atoms with Crippen molar-refractivity contribution >= 4 is 44.9 Å². The summed E-state index contributed by atoms with van der Waals surface area (Å²) in [6.45, 7) is 0. The van der Waals surface area contributed by atoms with Crippen molar-refractivity contribution < 1.29 is 13.2 Å². The number of nitrogens with one attached hydrogen (secondary N) is 3. The van der Waals surface area contributed by atoms with Crippen LogP contribution in [0, 0.1) is 0 Å². The van der Waals surface area contributed by atoms with Gasteiger partial charge in [-0.05, 0) is 54.3 Å². The van der Waals surface area contributed by atoms with Gasteiger partial charge in [0.05, 0.1) is 12.0 Å². The zero-order valence-corrected chi connectivity index (χ0v) is 18.6. The van der Waals surface area contributed by atoms with E-state index in [0.717, 1.165) is 16.1 Å². The topological polar surface area (TPSA) is 100 Å². The van der Waals surface area contributed by atoms with Crippen LogP contribution in [0.4, 0.5) is 11.4 Å². The monoisotopic (exact) mass is 461 g/mol. The highest BCUT2D eigenvalue weighted by molar-refractivity contribution is 8.17. The average molecular weight is 462 g/mol. The van der Waals surface area contributed by atoms with Gasteiger partial charge in [0.25, 0.3) is 15.6 Å². The summed E-state index contributed by atoms with van der Waals surface area (Å²) in [5.74, 6) is 0.543. The highest BCUT2D eigenvalue weighted by Gasteiger charge is 2.21. The second kappa shape index (κ2) is 8.29. The van der Waals surface area contributed by atoms with E-state index in [0.29, 0.717) is 11.3 Å². The molecule has 30 heavy (non-hydrogen) atoms. The fourth-order valence-electron chi connectivity index (χ4n) is 2.98. The lowest BCUT2D eigenvalue weighted by Gasteiger charge is -2.10. The number of benzene rings is 2. The van der Waals surface area contributed by atoms with Gasteiger partial charge >= 0.3 is 0 Å². The predicted octanol–water partition coefficient (Wildman–Crippen LogP) is 4.02. The maximum atomic E-state index is 12.7. The molecular weight excluding hydrogens is 442 g/mol. The highest BCUT2D eigenvalue weighted by Crippen LogP contribution is 2.43. The molecule has 0 bridgehead atoms. The molecule has 0 radical (unpaired) electrons. The molecule has 0 saturated carbocycles. The summed E-state index contributed by atoms with van der Waals surface area (Å²) in [5.41, 5.74) is 2.09. The molecule has 0 amide bonds. The molecule has 1 aliphatic rings. The number of methoxy groups -OCH3 is 1. The first-order chi connectivity index (χ1) is 14.4. The van der Waals surface area contributed by atoms with E-state index in [9.17, 15) is 13.2 Å². The molecule has 156 valence electrons. The number of thioether (sulfide) groups is 2. The summed E-state index contributed by atoms with van der Waals surface area (Å²) in [6.07, 6.45) is 3.62. The Morgan fingerprint density at radius 2 is 1.87 bits per heavy atom. The third-order valence-corrected chi connectivity index (χ3v) is 8.27. The molecule has 10 heteroatoms. The van der Waals surface area contributed by atoms with Gasteiger partial charge in [-0.3, -0.25) is 9.52 Å². The molecule has 0 saturated heterocycles. The Morgan fingerprint density at radius 1 is 1.10 bits per heavy atom. The molecule has 0 aliphatic carbocycles. The maximum Gasteiger partial charge on any atom is 0.272 e. The molecule has 3 aromatic rings. The summed E-state index contributed by atoms with van der Waals surface area (Å²) in [7, 11) is -2.42. The van der Waals surface area contributed by atoms with Gasteiger partial charge in [-0.1, -0.05) is 17.8 Å². The quantitative estimate of drug-likeness (QED) is 0.510. The number of ether oxygens (including phenoxy) is 1. The summed E-state index contributed by atoms with van der Waals surface area (Å²) in [6, 6.07) is 13.4. The van der Waals surface area contributed by atoms with Gasteiger partial charge in [0.1, 0.15) is 16.1 Å². The molecule has 2 heterocycles. The van der Waals surface area contributed by atoms with Crippen molar-refractivity contribution in [3.63, 3.8) is 0 Å². The Balaban J connectivity index is 1.63. The molecule has 1 unspecified atom stereocenters. The molecular formula is C20H19N3O4S3. The molecule has 3 N–H and O–H groups in total. The third kappa shape index (κ3) is 4.16. The number of aromatic nitrogens is 1. The zero-order chi connectivity index (χ0) is 21.3. The second-order valence-corrected chi connectivity index (χ2v) is 10.5. The van der Waals surface area contributed by atoms with Crippen LogP contribution in [0.25, 0.3) is 11.1 Å². The molecule has 1 aromatic heterocycles. The van der Waals surface area contributed by atoms with E-state index in [2.05, 4.69) is 15.0 Å². The number of hydrogen-bond donors (Lipinski definition) is 3. The van der Waals surface area contributed by atoms with Crippen LogP contribution >= 0.6 is 23.5 Å². The molecule has 1 atom stereocenters. The summed E-state index contributed by atoms with van der Waals surface area (Å²) in [4.78, 5) is 16.0. The van der Waals surface area contributed by atoms with Crippen LogP contribution in [-0.4, -0.2) is 31.5 Å². The minimum atomic E-state index is -3.92. The maximum absolute atomic E-state index is 12.7. The molecule has 2 aromatic carbocycles. The third-order valence-electron chi connectivity index (χ3n) is 4.55. The van der Waals surface area contributed by atoms with Gasteiger partial charge in [-0.25, -0.2) is 8.42 Å². The van der Waals surface area contributed by atoms with Crippen LogP contribution in [0.1, 0.15) is 0 Å². The first-order valence-corrected chi connectivity index (χ1v) is 12.5. The van der Waals surface area contributed by atoms with Crippen molar-refractivity contribution in [2.24, 2.45) is 0 Å². The highest BCUT2D eigenvalue weighted by atomic mass is 32.2. The minimum absolute atomic E-state index is 0.0382. The smallest absolute Gasteiger partial charge is 0.272 e. The molecule has 4 rings (SSSR count). The second-order valence-electron chi connectivity index (χ2n) is 6.45. The number of pyridine rings is 1. The van der Waals surface area contributed by atoms with E-state index in [4.69, 9.17) is 4.74 Å². The van der Waals surface area contributed by atoms with Crippen LogP contribution in [0.5, 0.6) is 5.75 Å². The summed E-state index contributed by atoms with van der Waals surface area (Å²) >= 11 is 3.44.